The Kier molecular flexibility index (Phi) is 8.86. The summed E-state index contributed by atoms with van der Waals surface area (Å²) < 4.78 is 0. The molecule has 1 heterocycles. The Morgan fingerprint density at radius 2 is 0.738 bits per heavy atom. The largest absolute Gasteiger partial charge is 0.228 e. The van der Waals surface area contributed by atoms with Gasteiger partial charge in [0.1, 0.15) is 0 Å². The summed E-state index contributed by atoms with van der Waals surface area (Å²) in [6, 6.07) is 78.5. The maximum atomic E-state index is 5.21. The van der Waals surface area contributed by atoms with Crippen LogP contribution in [0.25, 0.3) is 100 Å². The highest BCUT2D eigenvalue weighted by molar-refractivity contribution is 6.05. The molecule has 1 aliphatic rings. The van der Waals surface area contributed by atoms with Crippen LogP contribution in [0.15, 0.2) is 218 Å². The molecule has 0 aliphatic heterocycles. The number of fused-ring (bicyclic) bond motifs is 4. The third kappa shape index (κ3) is 6.45. The van der Waals surface area contributed by atoms with E-state index in [2.05, 4.69) is 208 Å². The standard InChI is InChI=1S/C59H42N2/c1-59(2)53-22-12-11-20-52(53)57-48(21-13-23-54(57)59)44-32-26-42(27-33-44)41-24-30-43(31-25-41)47-36-37-51(50-19-10-9-18-49(47)50)56-38-55(60-58(61-56)46-16-7-4-8-17-46)45-34-28-40(29-35-45)39-14-5-3-6-15-39/h3-38H,1-2H3. The second-order valence-corrected chi connectivity index (χ2v) is 16.5. The van der Waals surface area contributed by atoms with Gasteiger partial charge in [0.2, 0.25) is 0 Å². The highest BCUT2D eigenvalue weighted by Gasteiger charge is 2.36. The summed E-state index contributed by atoms with van der Waals surface area (Å²) in [6.45, 7) is 4.68. The molecule has 0 spiro atoms. The van der Waals surface area contributed by atoms with Crippen LogP contribution in [0.5, 0.6) is 0 Å². The molecule has 0 fully saturated rings. The van der Waals surface area contributed by atoms with E-state index in [-0.39, 0.29) is 5.41 Å². The molecule has 0 saturated heterocycles. The van der Waals surface area contributed by atoms with E-state index < -0.39 is 0 Å². The summed E-state index contributed by atoms with van der Waals surface area (Å²) in [5.41, 5.74) is 20.1. The van der Waals surface area contributed by atoms with Crippen molar-refractivity contribution in [3.63, 3.8) is 0 Å². The highest BCUT2D eigenvalue weighted by atomic mass is 14.9. The van der Waals surface area contributed by atoms with Gasteiger partial charge in [-0.1, -0.05) is 226 Å². The van der Waals surface area contributed by atoms with Crippen LogP contribution >= 0.6 is 0 Å². The van der Waals surface area contributed by atoms with Crippen molar-refractivity contribution in [3.8, 4) is 89.5 Å². The van der Waals surface area contributed by atoms with E-state index in [1.54, 1.807) is 0 Å². The molecule has 0 saturated carbocycles. The fraction of sp³-hybridized carbons (Fsp3) is 0.0508. The van der Waals surface area contributed by atoms with Crippen LogP contribution in [0.3, 0.4) is 0 Å². The molecule has 9 aromatic carbocycles. The van der Waals surface area contributed by atoms with E-state index in [9.17, 15) is 0 Å². The summed E-state index contributed by atoms with van der Waals surface area (Å²) >= 11 is 0. The third-order valence-corrected chi connectivity index (χ3v) is 12.6. The molecule has 2 nitrogen and oxygen atoms in total. The molecule has 288 valence electrons. The van der Waals surface area contributed by atoms with Crippen molar-refractivity contribution >= 4 is 10.8 Å². The molecule has 0 amide bonds. The first-order valence-electron chi connectivity index (χ1n) is 21.1. The van der Waals surface area contributed by atoms with Crippen molar-refractivity contribution in [1.82, 2.24) is 9.97 Å². The molecule has 0 atom stereocenters. The minimum absolute atomic E-state index is 0.0167. The first-order chi connectivity index (χ1) is 30.0. The van der Waals surface area contributed by atoms with Gasteiger partial charge in [0.25, 0.3) is 0 Å². The van der Waals surface area contributed by atoms with Gasteiger partial charge in [0.05, 0.1) is 11.4 Å². The second-order valence-electron chi connectivity index (χ2n) is 16.5. The van der Waals surface area contributed by atoms with Gasteiger partial charge >= 0.3 is 0 Å². The number of rotatable bonds is 7. The van der Waals surface area contributed by atoms with Gasteiger partial charge in [0, 0.05) is 22.1 Å². The SMILES string of the molecule is CC1(C)c2ccccc2-c2c(-c3ccc(-c4ccc(-c5ccc(-c6cc(-c7ccc(-c8ccccc8)cc7)nc(-c7ccccc7)n6)c6ccccc56)cc4)cc3)cccc21. The molecule has 2 heteroatoms. The van der Waals surface area contributed by atoms with E-state index in [0.717, 1.165) is 33.5 Å². The summed E-state index contributed by atoms with van der Waals surface area (Å²) in [5, 5.41) is 2.34. The van der Waals surface area contributed by atoms with Crippen molar-refractivity contribution in [1.29, 1.82) is 0 Å². The topological polar surface area (TPSA) is 25.8 Å². The molecule has 10 aromatic rings. The molecular weight excluding hydrogens is 737 g/mol. The Labute approximate surface area is 357 Å². The lowest BCUT2D eigenvalue weighted by molar-refractivity contribution is 0.660. The first-order valence-corrected chi connectivity index (χ1v) is 21.1. The maximum Gasteiger partial charge on any atom is 0.160 e. The fourth-order valence-electron chi connectivity index (χ4n) is 9.37. The monoisotopic (exact) mass is 778 g/mol. The van der Waals surface area contributed by atoms with Crippen molar-refractivity contribution in [2.24, 2.45) is 0 Å². The number of hydrogen-bond donors (Lipinski definition) is 0. The highest BCUT2D eigenvalue weighted by Crippen LogP contribution is 2.52. The van der Waals surface area contributed by atoms with Crippen LogP contribution in [-0.4, -0.2) is 9.97 Å². The lowest BCUT2D eigenvalue weighted by Gasteiger charge is -2.21. The third-order valence-electron chi connectivity index (χ3n) is 12.6. The van der Waals surface area contributed by atoms with Crippen LogP contribution in [0, 0.1) is 0 Å². The molecule has 1 aromatic heterocycles. The van der Waals surface area contributed by atoms with Crippen molar-refractivity contribution in [3.05, 3.63) is 230 Å². The number of benzene rings is 9. The van der Waals surface area contributed by atoms with Crippen LogP contribution in [-0.2, 0) is 5.41 Å². The number of nitrogens with zero attached hydrogens (tertiary/aromatic N) is 2. The van der Waals surface area contributed by atoms with Crippen LogP contribution < -0.4 is 0 Å². The summed E-state index contributed by atoms with van der Waals surface area (Å²) in [4.78, 5) is 10.3. The molecule has 0 bridgehead atoms. The van der Waals surface area contributed by atoms with Gasteiger partial charge in [-0.3, -0.25) is 0 Å². The van der Waals surface area contributed by atoms with Gasteiger partial charge < -0.3 is 0 Å². The quantitative estimate of drug-likeness (QED) is 0.161. The van der Waals surface area contributed by atoms with E-state index in [4.69, 9.17) is 9.97 Å². The van der Waals surface area contributed by atoms with E-state index in [1.807, 2.05) is 24.3 Å². The van der Waals surface area contributed by atoms with Crippen molar-refractivity contribution in [2.75, 3.05) is 0 Å². The maximum absolute atomic E-state index is 5.21. The smallest absolute Gasteiger partial charge is 0.160 e. The normalized spacial score (nSPS) is 12.6. The van der Waals surface area contributed by atoms with E-state index >= 15 is 0 Å². The molecule has 1 aliphatic carbocycles. The predicted molar refractivity (Wildman–Crippen MR) is 255 cm³/mol. The fourth-order valence-corrected chi connectivity index (χ4v) is 9.37. The number of hydrogen-bond acceptors (Lipinski definition) is 2. The lowest BCUT2D eigenvalue weighted by atomic mass is 9.82. The zero-order chi connectivity index (χ0) is 40.9. The van der Waals surface area contributed by atoms with Crippen LogP contribution in [0.4, 0.5) is 0 Å². The Bertz CT molecular complexity index is 3220. The molecule has 61 heavy (non-hydrogen) atoms. The Morgan fingerprint density at radius 3 is 1.39 bits per heavy atom. The molecule has 11 rings (SSSR count). The molecule has 0 radical (unpaired) electrons. The minimum atomic E-state index is -0.0167. The zero-order valence-electron chi connectivity index (χ0n) is 34.2. The zero-order valence-corrected chi connectivity index (χ0v) is 34.2. The Hall–Kier alpha value is -7.68. The predicted octanol–water partition coefficient (Wildman–Crippen LogP) is 15.6. The first kappa shape index (κ1) is 36.4. The van der Waals surface area contributed by atoms with Crippen LogP contribution in [0.1, 0.15) is 25.0 Å². The average Bonchev–Trinajstić information content (AvgIpc) is 3.57. The summed E-state index contributed by atoms with van der Waals surface area (Å²) in [7, 11) is 0. The van der Waals surface area contributed by atoms with Gasteiger partial charge in [-0.15, -0.1) is 0 Å². The summed E-state index contributed by atoms with van der Waals surface area (Å²) in [6.07, 6.45) is 0. The molecule has 0 unspecified atom stereocenters. The average molecular weight is 779 g/mol. The summed E-state index contributed by atoms with van der Waals surface area (Å²) in [5.74, 6) is 0.707. The van der Waals surface area contributed by atoms with Crippen LogP contribution in [0.2, 0.25) is 0 Å². The minimum Gasteiger partial charge on any atom is -0.228 e. The Balaban J connectivity index is 0.924. The van der Waals surface area contributed by atoms with Crippen molar-refractivity contribution < 1.29 is 0 Å². The van der Waals surface area contributed by atoms with Gasteiger partial charge in [-0.05, 0) is 83.6 Å². The van der Waals surface area contributed by atoms with E-state index in [1.165, 1.54) is 72.1 Å². The second kappa shape index (κ2) is 14.9. The number of aromatic nitrogens is 2. The molecule has 0 N–H and O–H groups in total. The van der Waals surface area contributed by atoms with Gasteiger partial charge in [0.15, 0.2) is 5.82 Å². The Morgan fingerprint density at radius 1 is 0.295 bits per heavy atom. The van der Waals surface area contributed by atoms with Crippen molar-refractivity contribution in [2.45, 2.75) is 19.3 Å². The lowest BCUT2D eigenvalue weighted by Crippen LogP contribution is -2.14. The van der Waals surface area contributed by atoms with E-state index in [0.29, 0.717) is 5.82 Å². The van der Waals surface area contributed by atoms with Gasteiger partial charge in [-0.2, -0.15) is 0 Å². The van der Waals surface area contributed by atoms with Gasteiger partial charge in [-0.25, -0.2) is 9.97 Å². The molecular formula is C59H42N2.